The van der Waals surface area contributed by atoms with E-state index in [0.717, 1.165) is 46.6 Å². The lowest BCUT2D eigenvalue weighted by atomic mass is 10.3. The van der Waals surface area contributed by atoms with Gasteiger partial charge in [-0.05, 0) is 17.9 Å². The summed E-state index contributed by atoms with van der Waals surface area (Å²) in [5.74, 6) is 1.72. The van der Waals surface area contributed by atoms with Crippen LogP contribution < -0.4 is 5.32 Å². The second-order valence-electron chi connectivity index (χ2n) is 3.93. The van der Waals surface area contributed by atoms with Crippen LogP contribution in [0.5, 0.6) is 0 Å². The molecule has 0 saturated carbocycles. The number of hydrogen-bond donors (Lipinski definition) is 1. The molecule has 2 heterocycles. The molecule has 0 aliphatic rings. The van der Waals surface area contributed by atoms with Crippen LogP contribution in [0.2, 0.25) is 5.02 Å². The molecule has 0 amide bonds. The second kappa shape index (κ2) is 6.16. The maximum atomic E-state index is 6.16. The predicted octanol–water partition coefficient (Wildman–Crippen LogP) is 4.24. The van der Waals surface area contributed by atoms with E-state index < -0.39 is 0 Å². The summed E-state index contributed by atoms with van der Waals surface area (Å²) in [7, 11) is 0. The Morgan fingerprint density at radius 2 is 2.17 bits per heavy atom. The first kappa shape index (κ1) is 13.3. The molecule has 0 unspecified atom stereocenters. The van der Waals surface area contributed by atoms with Crippen LogP contribution in [0.4, 0.5) is 5.82 Å². The smallest absolute Gasteiger partial charge is 0.131 e. The van der Waals surface area contributed by atoms with Gasteiger partial charge in [0.1, 0.15) is 11.6 Å². The Bertz CT molecular complexity index is 525. The minimum absolute atomic E-state index is 0.752. The number of thiophene rings is 1. The van der Waals surface area contributed by atoms with Gasteiger partial charge in [-0.15, -0.1) is 11.3 Å². The monoisotopic (exact) mass is 281 g/mol. The molecule has 0 fully saturated rings. The summed E-state index contributed by atoms with van der Waals surface area (Å²) in [6, 6.07) is 3.86. The first-order valence-electron chi connectivity index (χ1n) is 6.09. The quantitative estimate of drug-likeness (QED) is 0.891. The fraction of sp³-hybridized carbons (Fsp3) is 0.385. The van der Waals surface area contributed by atoms with Crippen LogP contribution in [-0.2, 0) is 6.42 Å². The molecular weight excluding hydrogens is 266 g/mol. The van der Waals surface area contributed by atoms with E-state index in [1.165, 1.54) is 0 Å². The predicted molar refractivity (Wildman–Crippen MR) is 78.5 cm³/mol. The number of anilines is 1. The van der Waals surface area contributed by atoms with Crippen molar-refractivity contribution >= 4 is 28.8 Å². The lowest BCUT2D eigenvalue weighted by molar-refractivity contribution is 0.920. The molecule has 96 valence electrons. The van der Waals surface area contributed by atoms with E-state index in [9.17, 15) is 0 Å². The van der Waals surface area contributed by atoms with Crippen LogP contribution in [-0.4, -0.2) is 16.5 Å². The van der Waals surface area contributed by atoms with Crippen molar-refractivity contribution < 1.29 is 0 Å². The molecular formula is C13H16ClN3S. The number of halogens is 1. The van der Waals surface area contributed by atoms with Crippen molar-refractivity contribution in [1.29, 1.82) is 0 Å². The maximum absolute atomic E-state index is 6.16. The van der Waals surface area contributed by atoms with Gasteiger partial charge in [0.2, 0.25) is 0 Å². The van der Waals surface area contributed by atoms with Crippen LogP contribution in [0, 0.1) is 0 Å². The van der Waals surface area contributed by atoms with Gasteiger partial charge in [-0.3, -0.25) is 0 Å². The van der Waals surface area contributed by atoms with Crippen LogP contribution in [0.25, 0.3) is 10.6 Å². The van der Waals surface area contributed by atoms with Crippen LogP contribution in [0.15, 0.2) is 17.5 Å². The molecule has 0 bridgehead atoms. The second-order valence-corrected chi connectivity index (χ2v) is 5.26. The van der Waals surface area contributed by atoms with Crippen molar-refractivity contribution in [3.8, 4) is 10.6 Å². The molecule has 0 atom stereocenters. The summed E-state index contributed by atoms with van der Waals surface area (Å²) < 4.78 is 0. The van der Waals surface area contributed by atoms with E-state index in [-0.39, 0.29) is 0 Å². The first-order valence-corrected chi connectivity index (χ1v) is 7.35. The molecule has 0 saturated heterocycles. The summed E-state index contributed by atoms with van der Waals surface area (Å²) in [5.41, 5.74) is 0.903. The molecule has 3 nitrogen and oxygen atoms in total. The zero-order chi connectivity index (χ0) is 13.0. The number of aromatic nitrogens is 2. The van der Waals surface area contributed by atoms with Gasteiger partial charge in [0, 0.05) is 19.0 Å². The van der Waals surface area contributed by atoms with Gasteiger partial charge in [-0.25, -0.2) is 9.97 Å². The maximum Gasteiger partial charge on any atom is 0.131 e. The standard InChI is InChI=1S/C13H16ClN3S/c1-3-6-15-12-8-10(16-11(4-2)17-12)13-9(14)5-7-18-13/h5,7-8H,3-4,6H2,1-2H3,(H,15,16,17). The van der Waals surface area contributed by atoms with Crippen molar-refractivity contribution in [3.05, 3.63) is 28.4 Å². The summed E-state index contributed by atoms with van der Waals surface area (Å²) in [5, 5.41) is 6.03. The molecule has 2 aromatic heterocycles. The van der Waals surface area contributed by atoms with E-state index in [2.05, 4.69) is 29.1 Å². The molecule has 1 N–H and O–H groups in total. The van der Waals surface area contributed by atoms with Crippen molar-refractivity contribution in [2.75, 3.05) is 11.9 Å². The molecule has 0 radical (unpaired) electrons. The third kappa shape index (κ3) is 3.00. The normalized spacial score (nSPS) is 10.6. The summed E-state index contributed by atoms with van der Waals surface area (Å²) >= 11 is 7.76. The lowest BCUT2D eigenvalue weighted by Gasteiger charge is -2.08. The van der Waals surface area contributed by atoms with Crippen molar-refractivity contribution in [1.82, 2.24) is 9.97 Å². The number of aryl methyl sites for hydroxylation is 1. The van der Waals surface area contributed by atoms with Crippen LogP contribution in [0.3, 0.4) is 0 Å². The summed E-state index contributed by atoms with van der Waals surface area (Å²) in [6.07, 6.45) is 1.89. The Kier molecular flexibility index (Phi) is 4.55. The van der Waals surface area contributed by atoms with Gasteiger partial charge in [0.05, 0.1) is 15.6 Å². The van der Waals surface area contributed by atoms with Crippen molar-refractivity contribution in [2.45, 2.75) is 26.7 Å². The third-order valence-electron chi connectivity index (χ3n) is 2.49. The summed E-state index contributed by atoms with van der Waals surface area (Å²) in [6.45, 7) is 5.10. The Morgan fingerprint density at radius 3 is 2.78 bits per heavy atom. The highest BCUT2D eigenvalue weighted by Gasteiger charge is 2.10. The molecule has 2 rings (SSSR count). The largest absolute Gasteiger partial charge is 0.370 e. The highest BCUT2D eigenvalue weighted by Crippen LogP contribution is 2.32. The minimum atomic E-state index is 0.752. The Hall–Kier alpha value is -1.13. The van der Waals surface area contributed by atoms with E-state index in [0.29, 0.717) is 0 Å². The molecule has 0 aliphatic carbocycles. The topological polar surface area (TPSA) is 37.8 Å². The van der Waals surface area contributed by atoms with E-state index in [1.54, 1.807) is 11.3 Å². The van der Waals surface area contributed by atoms with Crippen LogP contribution in [0.1, 0.15) is 26.1 Å². The average Bonchev–Trinajstić information content (AvgIpc) is 2.82. The average molecular weight is 282 g/mol. The lowest BCUT2D eigenvalue weighted by Crippen LogP contribution is -2.05. The molecule has 5 heteroatoms. The number of nitrogens with one attached hydrogen (secondary N) is 1. The minimum Gasteiger partial charge on any atom is -0.370 e. The zero-order valence-corrected chi connectivity index (χ0v) is 12.1. The Labute approximate surface area is 116 Å². The Balaban J connectivity index is 2.38. The molecule has 0 spiro atoms. The summed E-state index contributed by atoms with van der Waals surface area (Å²) in [4.78, 5) is 10.0. The zero-order valence-electron chi connectivity index (χ0n) is 10.5. The molecule has 2 aromatic rings. The van der Waals surface area contributed by atoms with Gasteiger partial charge in [0.25, 0.3) is 0 Å². The number of nitrogens with zero attached hydrogens (tertiary/aromatic N) is 2. The van der Waals surface area contributed by atoms with Gasteiger partial charge < -0.3 is 5.32 Å². The number of hydrogen-bond acceptors (Lipinski definition) is 4. The number of rotatable bonds is 5. The van der Waals surface area contributed by atoms with E-state index in [1.807, 2.05) is 17.5 Å². The SMILES string of the molecule is CCCNc1cc(-c2sccc2Cl)nc(CC)n1. The van der Waals surface area contributed by atoms with Gasteiger partial charge in [-0.2, -0.15) is 0 Å². The first-order chi connectivity index (χ1) is 8.74. The van der Waals surface area contributed by atoms with E-state index in [4.69, 9.17) is 11.6 Å². The Morgan fingerprint density at radius 1 is 1.33 bits per heavy atom. The van der Waals surface area contributed by atoms with Crippen molar-refractivity contribution in [2.24, 2.45) is 0 Å². The van der Waals surface area contributed by atoms with Crippen molar-refractivity contribution in [3.63, 3.8) is 0 Å². The third-order valence-corrected chi connectivity index (χ3v) is 3.86. The van der Waals surface area contributed by atoms with Gasteiger partial charge in [-0.1, -0.05) is 25.4 Å². The molecule has 0 aliphatic heterocycles. The molecule has 0 aromatic carbocycles. The fourth-order valence-corrected chi connectivity index (χ4v) is 2.71. The van der Waals surface area contributed by atoms with Gasteiger partial charge in [0.15, 0.2) is 0 Å². The van der Waals surface area contributed by atoms with Crippen LogP contribution >= 0.6 is 22.9 Å². The highest BCUT2D eigenvalue weighted by molar-refractivity contribution is 7.14. The molecule has 18 heavy (non-hydrogen) atoms. The highest BCUT2D eigenvalue weighted by atomic mass is 35.5. The van der Waals surface area contributed by atoms with E-state index >= 15 is 0 Å². The van der Waals surface area contributed by atoms with Gasteiger partial charge >= 0.3 is 0 Å². The fourth-order valence-electron chi connectivity index (χ4n) is 1.59.